The van der Waals surface area contributed by atoms with Crippen LogP contribution in [0.4, 0.5) is 18.0 Å². The molecule has 0 radical (unpaired) electrons. The molecule has 0 saturated heterocycles. The van der Waals surface area contributed by atoms with Gasteiger partial charge in [0.1, 0.15) is 0 Å². The summed E-state index contributed by atoms with van der Waals surface area (Å²) in [4.78, 5) is 23.0. The third-order valence-corrected chi connectivity index (χ3v) is 4.32. The Morgan fingerprint density at radius 1 is 1.00 bits per heavy atom. The van der Waals surface area contributed by atoms with Gasteiger partial charge in [-0.15, -0.1) is 0 Å². The number of allylic oxidation sites excluding steroid dienone is 2. The molecule has 2 aromatic rings. The molecular weight excluding hydrogens is 442 g/mol. The van der Waals surface area contributed by atoms with E-state index in [0.29, 0.717) is 6.08 Å². The molecule has 0 fully saturated rings. The molecule has 0 saturated carbocycles. The Labute approximate surface area is 172 Å². The van der Waals surface area contributed by atoms with Crippen LogP contribution in [0.25, 0.3) is 5.57 Å². The predicted molar refractivity (Wildman–Crippen MR) is 101 cm³/mol. The molecule has 2 aromatic carbocycles. The van der Waals surface area contributed by atoms with Gasteiger partial charge in [-0.1, -0.05) is 34.8 Å². The first kappa shape index (κ1) is 22.1. The molecule has 0 unspecified atom stereocenters. The van der Waals surface area contributed by atoms with E-state index in [4.69, 9.17) is 39.9 Å². The molecule has 148 valence electrons. The summed E-state index contributed by atoms with van der Waals surface area (Å²) in [6.45, 7) is -0.213. The zero-order chi connectivity index (χ0) is 21.1. The number of nitrogens with one attached hydrogen (secondary N) is 1. The van der Waals surface area contributed by atoms with Crippen molar-refractivity contribution >= 4 is 52.3 Å². The molecule has 1 amide bonds. The summed E-state index contributed by atoms with van der Waals surface area (Å²) in [5.74, 6) is -0.948. The van der Waals surface area contributed by atoms with Crippen molar-refractivity contribution in [1.29, 1.82) is 0 Å². The normalized spacial score (nSPS) is 12.0. The summed E-state index contributed by atoms with van der Waals surface area (Å²) < 4.78 is 40.5. The van der Waals surface area contributed by atoms with Crippen molar-refractivity contribution in [2.45, 2.75) is 12.7 Å². The number of carbonyl (C=O) groups excluding carboxylic acids is 1. The van der Waals surface area contributed by atoms with E-state index in [1.54, 1.807) is 0 Å². The lowest BCUT2D eigenvalue weighted by Gasteiger charge is -2.13. The zero-order valence-corrected chi connectivity index (χ0v) is 16.0. The van der Waals surface area contributed by atoms with Gasteiger partial charge in [0.2, 0.25) is 0 Å². The number of halogens is 6. The molecule has 28 heavy (non-hydrogen) atoms. The molecule has 0 heterocycles. The van der Waals surface area contributed by atoms with Crippen LogP contribution < -0.4 is 5.32 Å². The first-order chi connectivity index (χ1) is 13.0. The standard InChI is InChI=1S/C18H11Cl3F3NO3/c19-12-4-10(5-13(20)6-12)14(18(22,23)24)7-16(26)9-1-2-15(21)11(3-9)8-25-17(27)28/h1-7,25H,8H2,(H,27,28)/b14-7+. The molecule has 0 aliphatic carbocycles. The van der Waals surface area contributed by atoms with E-state index in [9.17, 15) is 22.8 Å². The van der Waals surface area contributed by atoms with Crippen molar-refractivity contribution in [3.05, 3.63) is 74.2 Å². The second-order valence-corrected chi connectivity index (χ2v) is 6.82. The number of rotatable bonds is 5. The van der Waals surface area contributed by atoms with E-state index in [1.807, 2.05) is 0 Å². The van der Waals surface area contributed by atoms with Gasteiger partial charge < -0.3 is 10.4 Å². The molecule has 2 rings (SSSR count). The Morgan fingerprint density at radius 2 is 1.61 bits per heavy atom. The Kier molecular flexibility index (Phi) is 6.98. The smallest absolute Gasteiger partial charge is 0.417 e. The number of hydrogen-bond donors (Lipinski definition) is 2. The van der Waals surface area contributed by atoms with Gasteiger partial charge in [-0.2, -0.15) is 13.2 Å². The van der Waals surface area contributed by atoms with Gasteiger partial charge in [-0.3, -0.25) is 4.79 Å². The van der Waals surface area contributed by atoms with Crippen LogP contribution in [0.2, 0.25) is 15.1 Å². The fraction of sp³-hybridized carbons (Fsp3) is 0.111. The maximum absolute atomic E-state index is 13.5. The largest absolute Gasteiger partial charge is 0.465 e. The van der Waals surface area contributed by atoms with Crippen LogP contribution in [-0.2, 0) is 6.54 Å². The molecule has 10 heteroatoms. The first-order valence-corrected chi connectivity index (χ1v) is 8.65. The molecule has 0 atom stereocenters. The number of benzene rings is 2. The average molecular weight is 453 g/mol. The lowest BCUT2D eigenvalue weighted by Crippen LogP contribution is -2.20. The Hall–Kier alpha value is -2.22. The van der Waals surface area contributed by atoms with Crippen molar-refractivity contribution < 1.29 is 27.9 Å². The van der Waals surface area contributed by atoms with Crippen LogP contribution in [0, 0.1) is 0 Å². The summed E-state index contributed by atoms with van der Waals surface area (Å²) in [6, 6.07) is 7.11. The maximum Gasteiger partial charge on any atom is 0.417 e. The molecule has 0 aromatic heterocycles. The molecule has 0 bridgehead atoms. The third-order valence-electron chi connectivity index (χ3n) is 3.51. The van der Waals surface area contributed by atoms with Crippen LogP contribution in [-0.4, -0.2) is 23.2 Å². The minimum absolute atomic E-state index is 0.0152. The van der Waals surface area contributed by atoms with E-state index in [-0.39, 0.29) is 38.3 Å². The van der Waals surface area contributed by atoms with Gasteiger partial charge in [0.25, 0.3) is 0 Å². The monoisotopic (exact) mass is 451 g/mol. The van der Waals surface area contributed by atoms with Crippen molar-refractivity contribution in [2.75, 3.05) is 0 Å². The summed E-state index contributed by atoms with van der Waals surface area (Å²) in [6.07, 6.45) is -5.73. The third kappa shape index (κ3) is 5.89. The number of hydrogen-bond acceptors (Lipinski definition) is 2. The van der Waals surface area contributed by atoms with E-state index < -0.39 is 23.6 Å². The highest BCUT2D eigenvalue weighted by Crippen LogP contribution is 2.36. The second-order valence-electron chi connectivity index (χ2n) is 5.54. The summed E-state index contributed by atoms with van der Waals surface area (Å²) in [5.41, 5.74) is -1.44. The van der Waals surface area contributed by atoms with Gasteiger partial charge >= 0.3 is 12.3 Å². The summed E-state index contributed by atoms with van der Waals surface area (Å²) >= 11 is 17.5. The zero-order valence-electron chi connectivity index (χ0n) is 13.8. The molecule has 0 aliphatic heterocycles. The topological polar surface area (TPSA) is 66.4 Å². The highest BCUT2D eigenvalue weighted by molar-refractivity contribution is 6.35. The van der Waals surface area contributed by atoms with Gasteiger partial charge in [0.15, 0.2) is 5.78 Å². The maximum atomic E-state index is 13.5. The predicted octanol–water partition coefficient (Wildman–Crippen LogP) is 6.24. The Morgan fingerprint density at radius 3 is 2.14 bits per heavy atom. The molecular formula is C18H11Cl3F3NO3. The van der Waals surface area contributed by atoms with Crippen LogP contribution in [0.1, 0.15) is 21.5 Å². The second kappa shape index (κ2) is 8.86. The average Bonchev–Trinajstić information content (AvgIpc) is 2.56. The number of ketones is 1. The number of carboxylic acid groups (broad SMARTS) is 1. The van der Waals surface area contributed by atoms with Crippen molar-refractivity contribution in [1.82, 2.24) is 5.32 Å². The van der Waals surface area contributed by atoms with Crippen LogP contribution in [0.3, 0.4) is 0 Å². The fourth-order valence-corrected chi connectivity index (χ4v) is 3.00. The van der Waals surface area contributed by atoms with Gasteiger partial charge in [-0.05, 0) is 53.6 Å². The van der Waals surface area contributed by atoms with Gasteiger partial charge in [0, 0.05) is 27.2 Å². The highest BCUT2D eigenvalue weighted by Gasteiger charge is 2.35. The number of carbonyl (C=O) groups is 2. The lowest BCUT2D eigenvalue weighted by atomic mass is 10.0. The minimum Gasteiger partial charge on any atom is -0.465 e. The van der Waals surface area contributed by atoms with E-state index >= 15 is 0 Å². The highest BCUT2D eigenvalue weighted by atomic mass is 35.5. The first-order valence-electron chi connectivity index (χ1n) is 7.52. The molecule has 2 N–H and O–H groups in total. The van der Waals surface area contributed by atoms with Crippen LogP contribution in [0.5, 0.6) is 0 Å². The number of amides is 1. The summed E-state index contributed by atoms with van der Waals surface area (Å²) in [7, 11) is 0. The number of alkyl halides is 3. The lowest BCUT2D eigenvalue weighted by molar-refractivity contribution is -0.0689. The Bertz CT molecular complexity index is 939. The van der Waals surface area contributed by atoms with Gasteiger partial charge in [0.05, 0.1) is 5.57 Å². The van der Waals surface area contributed by atoms with Crippen molar-refractivity contribution in [3.63, 3.8) is 0 Å². The fourth-order valence-electron chi connectivity index (χ4n) is 2.29. The minimum atomic E-state index is -4.84. The quantitative estimate of drug-likeness (QED) is 0.417. The molecule has 4 nitrogen and oxygen atoms in total. The van der Waals surface area contributed by atoms with Crippen molar-refractivity contribution in [2.24, 2.45) is 0 Å². The summed E-state index contributed by atoms with van der Waals surface area (Å²) in [5, 5.41) is 10.8. The van der Waals surface area contributed by atoms with E-state index in [1.165, 1.54) is 24.3 Å². The molecule has 0 spiro atoms. The molecule has 0 aliphatic rings. The SMILES string of the molecule is O=C(O)NCc1cc(C(=O)/C=C(\c2cc(Cl)cc(Cl)c2)C(F)(F)F)ccc1Cl. The van der Waals surface area contributed by atoms with Crippen LogP contribution in [0.15, 0.2) is 42.5 Å². The van der Waals surface area contributed by atoms with E-state index in [2.05, 4.69) is 5.32 Å². The Balaban J connectivity index is 2.46. The van der Waals surface area contributed by atoms with E-state index in [0.717, 1.165) is 12.1 Å². The van der Waals surface area contributed by atoms with Crippen LogP contribution >= 0.6 is 34.8 Å². The van der Waals surface area contributed by atoms with Gasteiger partial charge in [-0.25, -0.2) is 4.79 Å². The van der Waals surface area contributed by atoms with Crippen molar-refractivity contribution in [3.8, 4) is 0 Å².